The van der Waals surface area contributed by atoms with Gasteiger partial charge in [0.2, 0.25) is 0 Å². The summed E-state index contributed by atoms with van der Waals surface area (Å²) in [6.07, 6.45) is 4.64. The average Bonchev–Trinajstić information content (AvgIpc) is 2.31. The van der Waals surface area contributed by atoms with Crippen LogP contribution in [0.2, 0.25) is 0 Å². The molecule has 1 heterocycles. The van der Waals surface area contributed by atoms with Crippen molar-refractivity contribution in [1.82, 2.24) is 4.98 Å². The average molecular weight is 197 g/mol. The molecule has 1 aromatic rings. The molecule has 5 heteroatoms. The highest BCUT2D eigenvalue weighted by Gasteiger charge is 1.98. The maximum atomic E-state index is 8.64. The topological polar surface area (TPSA) is 98.8 Å². The normalized spacial score (nSPS) is 11.6. The second-order valence-electron chi connectivity index (χ2n) is 2.53. The van der Waals surface area contributed by atoms with Crippen molar-refractivity contribution < 1.29 is 0 Å². The largest absolute Gasteiger partial charge is 0.388 e. The summed E-state index contributed by atoms with van der Waals surface area (Å²) in [6.45, 7) is 0. The van der Waals surface area contributed by atoms with Crippen LogP contribution in [0.25, 0.3) is 0 Å². The zero-order valence-corrected chi connectivity index (χ0v) is 7.75. The van der Waals surface area contributed by atoms with Crippen LogP contribution in [0.5, 0.6) is 0 Å². The van der Waals surface area contributed by atoms with Gasteiger partial charge in [-0.05, 0) is 6.07 Å². The van der Waals surface area contributed by atoms with Gasteiger partial charge in [0.05, 0.1) is 0 Å². The summed E-state index contributed by atoms with van der Waals surface area (Å²) in [6, 6.07) is 6.91. The molecule has 5 nitrogen and oxygen atoms in total. The number of hydrogen-bond acceptors (Lipinski definition) is 5. The zero-order valence-electron chi connectivity index (χ0n) is 7.75. The van der Waals surface area contributed by atoms with Gasteiger partial charge in [-0.3, -0.25) is 4.98 Å². The standard InChI is InChI=1S/C10H7N5/c11-4-9(13)10(5-12)15-7-8-2-1-3-14-6-8/h1-3,6-7H,13H2/b10-9-,15-7?. The van der Waals surface area contributed by atoms with Gasteiger partial charge >= 0.3 is 0 Å². The van der Waals surface area contributed by atoms with Crippen LogP contribution in [0, 0.1) is 22.7 Å². The number of pyridine rings is 1. The molecule has 0 fully saturated rings. The summed E-state index contributed by atoms with van der Waals surface area (Å²) in [5, 5.41) is 17.1. The summed E-state index contributed by atoms with van der Waals surface area (Å²) < 4.78 is 0. The number of allylic oxidation sites excluding steroid dienone is 2. The molecule has 15 heavy (non-hydrogen) atoms. The molecule has 0 saturated carbocycles. The van der Waals surface area contributed by atoms with Crippen molar-refractivity contribution in [3.05, 3.63) is 41.5 Å². The van der Waals surface area contributed by atoms with Crippen LogP contribution in [0.1, 0.15) is 5.56 Å². The first-order valence-electron chi connectivity index (χ1n) is 4.02. The van der Waals surface area contributed by atoms with Crippen molar-refractivity contribution in [2.24, 2.45) is 10.7 Å². The number of nitriles is 2. The van der Waals surface area contributed by atoms with Gasteiger partial charge in [0.15, 0.2) is 5.70 Å². The van der Waals surface area contributed by atoms with Crippen molar-refractivity contribution in [2.45, 2.75) is 0 Å². The molecule has 0 bridgehead atoms. The van der Waals surface area contributed by atoms with E-state index in [1.54, 1.807) is 36.7 Å². The molecule has 0 saturated heterocycles. The number of nitrogens with zero attached hydrogens (tertiary/aromatic N) is 4. The van der Waals surface area contributed by atoms with Crippen molar-refractivity contribution in [1.29, 1.82) is 10.5 Å². The van der Waals surface area contributed by atoms with E-state index < -0.39 is 0 Å². The van der Waals surface area contributed by atoms with Gasteiger partial charge in [0, 0.05) is 24.2 Å². The highest BCUT2D eigenvalue weighted by molar-refractivity contribution is 5.80. The van der Waals surface area contributed by atoms with E-state index in [2.05, 4.69) is 9.98 Å². The third kappa shape index (κ3) is 2.94. The number of aromatic nitrogens is 1. The fraction of sp³-hybridized carbons (Fsp3) is 0. The predicted octanol–water partition coefficient (Wildman–Crippen LogP) is 0.718. The number of nitrogens with two attached hydrogens (primary N) is 1. The van der Waals surface area contributed by atoms with Crippen LogP contribution in [0.3, 0.4) is 0 Å². The van der Waals surface area contributed by atoms with Gasteiger partial charge < -0.3 is 5.73 Å². The van der Waals surface area contributed by atoms with Gasteiger partial charge in [-0.25, -0.2) is 4.99 Å². The Hall–Kier alpha value is -2.66. The molecular weight excluding hydrogens is 190 g/mol. The van der Waals surface area contributed by atoms with Crippen molar-refractivity contribution in [3.63, 3.8) is 0 Å². The first kappa shape index (κ1) is 10.4. The SMILES string of the molecule is N#C/C(N)=C(\C#N)N=Cc1cccnc1. The Kier molecular flexibility index (Phi) is 3.58. The van der Waals surface area contributed by atoms with E-state index >= 15 is 0 Å². The lowest BCUT2D eigenvalue weighted by Crippen LogP contribution is -1.97. The number of hydrogen-bond donors (Lipinski definition) is 1. The maximum Gasteiger partial charge on any atom is 0.174 e. The predicted molar refractivity (Wildman–Crippen MR) is 54.3 cm³/mol. The zero-order chi connectivity index (χ0) is 11.1. The molecule has 72 valence electrons. The molecule has 1 aromatic heterocycles. The summed E-state index contributed by atoms with van der Waals surface area (Å²) in [7, 11) is 0. The van der Waals surface area contributed by atoms with Crippen molar-refractivity contribution in [2.75, 3.05) is 0 Å². The Morgan fingerprint density at radius 1 is 1.47 bits per heavy atom. The Morgan fingerprint density at radius 3 is 2.80 bits per heavy atom. The first-order chi connectivity index (χ1) is 7.27. The molecule has 0 spiro atoms. The van der Waals surface area contributed by atoms with Gasteiger partial charge in [-0.1, -0.05) is 6.07 Å². The van der Waals surface area contributed by atoms with Gasteiger partial charge in [0.1, 0.15) is 17.8 Å². The Labute approximate surface area is 86.8 Å². The first-order valence-corrected chi connectivity index (χ1v) is 4.02. The molecule has 0 aromatic carbocycles. The summed E-state index contributed by atoms with van der Waals surface area (Å²) >= 11 is 0. The van der Waals surface area contributed by atoms with Crippen LogP contribution in [0.15, 0.2) is 40.9 Å². The van der Waals surface area contributed by atoms with E-state index in [0.29, 0.717) is 0 Å². The lowest BCUT2D eigenvalue weighted by Gasteiger charge is -1.91. The van der Waals surface area contributed by atoms with Crippen LogP contribution in [-0.4, -0.2) is 11.2 Å². The molecule has 0 aliphatic heterocycles. The summed E-state index contributed by atoms with van der Waals surface area (Å²) in [5.74, 6) is 0. The van der Waals surface area contributed by atoms with Gasteiger partial charge in [-0.2, -0.15) is 10.5 Å². The van der Waals surface area contributed by atoms with Gasteiger partial charge in [-0.15, -0.1) is 0 Å². The fourth-order valence-corrected chi connectivity index (χ4v) is 0.803. The Bertz CT molecular complexity index is 473. The third-order valence-electron chi connectivity index (χ3n) is 1.51. The van der Waals surface area contributed by atoms with Crippen LogP contribution < -0.4 is 5.73 Å². The third-order valence-corrected chi connectivity index (χ3v) is 1.51. The minimum absolute atomic E-state index is 0.0960. The molecular formula is C10H7N5. The molecule has 0 amide bonds. The van der Waals surface area contributed by atoms with Crippen molar-refractivity contribution >= 4 is 6.21 Å². The smallest absolute Gasteiger partial charge is 0.174 e. The second kappa shape index (κ2) is 5.15. The highest BCUT2D eigenvalue weighted by atomic mass is 14.8. The quantitative estimate of drug-likeness (QED) is 0.557. The Balaban J connectivity index is 2.93. The van der Waals surface area contributed by atoms with Crippen LogP contribution in [0.4, 0.5) is 0 Å². The van der Waals surface area contributed by atoms with E-state index in [1.807, 2.05) is 0 Å². The van der Waals surface area contributed by atoms with E-state index in [-0.39, 0.29) is 11.4 Å². The number of aliphatic imine (C=N–C) groups is 1. The van der Waals surface area contributed by atoms with Gasteiger partial charge in [0.25, 0.3) is 0 Å². The minimum Gasteiger partial charge on any atom is -0.388 e. The lowest BCUT2D eigenvalue weighted by atomic mass is 10.3. The van der Waals surface area contributed by atoms with Crippen LogP contribution in [-0.2, 0) is 0 Å². The second-order valence-corrected chi connectivity index (χ2v) is 2.53. The fourth-order valence-electron chi connectivity index (χ4n) is 0.803. The highest BCUT2D eigenvalue weighted by Crippen LogP contribution is 1.99. The maximum absolute atomic E-state index is 8.64. The van der Waals surface area contributed by atoms with Crippen LogP contribution >= 0.6 is 0 Å². The summed E-state index contributed by atoms with van der Waals surface area (Å²) in [5.41, 5.74) is 5.70. The molecule has 0 atom stereocenters. The molecule has 1 rings (SSSR count). The number of rotatable bonds is 2. The summed E-state index contributed by atoms with van der Waals surface area (Å²) in [4.78, 5) is 7.66. The van der Waals surface area contributed by atoms with Crippen molar-refractivity contribution in [3.8, 4) is 12.1 Å². The lowest BCUT2D eigenvalue weighted by molar-refractivity contribution is 1.26. The molecule has 2 N–H and O–H groups in total. The van der Waals surface area contributed by atoms with E-state index in [9.17, 15) is 0 Å². The monoisotopic (exact) mass is 197 g/mol. The molecule has 0 aliphatic carbocycles. The minimum atomic E-state index is -0.197. The Morgan fingerprint density at radius 2 is 2.27 bits per heavy atom. The van der Waals surface area contributed by atoms with E-state index in [0.717, 1.165) is 5.56 Å². The van der Waals surface area contributed by atoms with E-state index in [4.69, 9.17) is 16.3 Å². The molecule has 0 unspecified atom stereocenters. The molecule has 0 radical (unpaired) electrons. The molecule has 0 aliphatic rings. The van der Waals surface area contributed by atoms with E-state index in [1.165, 1.54) is 6.21 Å².